The molecule has 4 rings (SSSR count). The van der Waals surface area contributed by atoms with Gasteiger partial charge in [0.05, 0.1) is 12.2 Å². The molecule has 0 bridgehead atoms. The molecule has 1 atom stereocenters. The van der Waals surface area contributed by atoms with Gasteiger partial charge < -0.3 is 15.2 Å². The molecule has 2 aromatic carbocycles. The third kappa shape index (κ3) is 3.69. The zero-order valence-corrected chi connectivity index (χ0v) is 15.9. The largest absolute Gasteiger partial charge is 0.492 e. The number of hydrogen-bond donors (Lipinski definition) is 1. The summed E-state index contributed by atoms with van der Waals surface area (Å²) in [5, 5.41) is 0. The van der Waals surface area contributed by atoms with Gasteiger partial charge >= 0.3 is 0 Å². The lowest BCUT2D eigenvalue weighted by atomic mass is 9.99. The molecule has 0 radical (unpaired) electrons. The average molecular weight is 388 g/mol. The molecule has 0 saturated carbocycles. The molecule has 1 aliphatic heterocycles. The van der Waals surface area contributed by atoms with E-state index in [-0.39, 0.29) is 5.78 Å². The van der Waals surface area contributed by atoms with E-state index in [1.807, 2.05) is 31.2 Å². The van der Waals surface area contributed by atoms with Crippen LogP contribution in [0.5, 0.6) is 11.5 Å². The number of benzene rings is 2. The predicted molar refractivity (Wildman–Crippen MR) is 107 cm³/mol. The predicted octanol–water partition coefficient (Wildman–Crippen LogP) is 3.62. The van der Waals surface area contributed by atoms with Crippen LogP contribution in [0.1, 0.15) is 49.9 Å². The van der Waals surface area contributed by atoms with E-state index in [0.29, 0.717) is 35.7 Å². The molecule has 6 nitrogen and oxygen atoms in total. The van der Waals surface area contributed by atoms with E-state index in [1.165, 1.54) is 0 Å². The summed E-state index contributed by atoms with van der Waals surface area (Å²) in [6, 6.07) is 14.3. The maximum absolute atomic E-state index is 12.1. The van der Waals surface area contributed by atoms with Crippen molar-refractivity contribution in [3.05, 3.63) is 88.7 Å². The van der Waals surface area contributed by atoms with E-state index in [1.54, 1.807) is 36.7 Å². The first-order valence-electron chi connectivity index (χ1n) is 9.30. The highest BCUT2D eigenvalue weighted by atomic mass is 16.5. The summed E-state index contributed by atoms with van der Waals surface area (Å²) in [5.41, 5.74) is 8.91. The number of amides is 1. The summed E-state index contributed by atoms with van der Waals surface area (Å²) >= 11 is 0. The van der Waals surface area contributed by atoms with Gasteiger partial charge in [-0.25, -0.2) is 0 Å². The van der Waals surface area contributed by atoms with Crippen LogP contribution in [0.4, 0.5) is 0 Å². The van der Waals surface area contributed by atoms with Gasteiger partial charge in [0.25, 0.3) is 0 Å². The number of hydrogen-bond acceptors (Lipinski definition) is 5. The SMILES string of the molecule is Cc1c(OC(c2ccncc2)c2ccc(C(N)=O)cc2)ccc2c1OCCC2=O. The average Bonchev–Trinajstić information content (AvgIpc) is 2.74. The number of primary amides is 1. The Morgan fingerprint density at radius 2 is 1.76 bits per heavy atom. The second kappa shape index (κ2) is 7.75. The van der Waals surface area contributed by atoms with Crippen molar-refractivity contribution in [3.8, 4) is 11.5 Å². The maximum Gasteiger partial charge on any atom is 0.248 e. The van der Waals surface area contributed by atoms with E-state index in [0.717, 1.165) is 16.7 Å². The second-order valence-electron chi connectivity index (χ2n) is 6.85. The molecule has 0 aliphatic carbocycles. The van der Waals surface area contributed by atoms with Crippen molar-refractivity contribution in [1.29, 1.82) is 0 Å². The molecular weight excluding hydrogens is 368 g/mol. The van der Waals surface area contributed by atoms with Crippen molar-refractivity contribution in [2.24, 2.45) is 5.73 Å². The number of aromatic nitrogens is 1. The van der Waals surface area contributed by atoms with E-state index < -0.39 is 12.0 Å². The van der Waals surface area contributed by atoms with Crippen molar-refractivity contribution >= 4 is 11.7 Å². The molecule has 2 heterocycles. The number of ether oxygens (including phenoxy) is 2. The molecule has 6 heteroatoms. The number of nitrogens with zero attached hydrogens (tertiary/aromatic N) is 1. The number of carbonyl (C=O) groups excluding carboxylic acids is 2. The number of ketones is 1. The fraction of sp³-hybridized carbons (Fsp3) is 0.174. The van der Waals surface area contributed by atoms with E-state index >= 15 is 0 Å². The van der Waals surface area contributed by atoms with Crippen LogP contribution in [0.15, 0.2) is 60.9 Å². The first-order chi connectivity index (χ1) is 14.0. The topological polar surface area (TPSA) is 91.5 Å². The Kier molecular flexibility index (Phi) is 4.99. The number of fused-ring (bicyclic) bond motifs is 1. The minimum atomic E-state index is -0.481. The van der Waals surface area contributed by atoms with Gasteiger partial charge in [-0.15, -0.1) is 0 Å². The lowest BCUT2D eigenvalue weighted by Crippen LogP contribution is -2.17. The first-order valence-corrected chi connectivity index (χ1v) is 9.30. The van der Waals surface area contributed by atoms with E-state index in [4.69, 9.17) is 15.2 Å². The number of Topliss-reactive ketones (excluding diaryl/α,β-unsaturated/α-hetero) is 1. The molecular formula is C23H20N2O4. The highest BCUT2D eigenvalue weighted by molar-refractivity contribution is 6.00. The Morgan fingerprint density at radius 3 is 2.45 bits per heavy atom. The molecule has 1 amide bonds. The van der Waals surface area contributed by atoms with Crippen LogP contribution in [0.2, 0.25) is 0 Å². The van der Waals surface area contributed by atoms with Gasteiger partial charge in [0, 0.05) is 29.9 Å². The van der Waals surface area contributed by atoms with Gasteiger partial charge in [0.1, 0.15) is 17.6 Å². The smallest absolute Gasteiger partial charge is 0.248 e. The third-order valence-corrected chi connectivity index (χ3v) is 4.98. The third-order valence-electron chi connectivity index (χ3n) is 4.98. The second-order valence-corrected chi connectivity index (χ2v) is 6.85. The molecule has 1 aromatic heterocycles. The van der Waals surface area contributed by atoms with Gasteiger partial charge in [-0.1, -0.05) is 12.1 Å². The van der Waals surface area contributed by atoms with Gasteiger partial charge in [-0.05, 0) is 54.4 Å². The summed E-state index contributed by atoms with van der Waals surface area (Å²) in [5.74, 6) is 0.800. The van der Waals surface area contributed by atoms with Gasteiger partial charge in [0.15, 0.2) is 5.78 Å². The number of pyridine rings is 1. The summed E-state index contributed by atoms with van der Waals surface area (Å²) < 4.78 is 12.1. The number of rotatable bonds is 5. The highest BCUT2D eigenvalue weighted by Crippen LogP contribution is 2.38. The Balaban J connectivity index is 1.73. The molecule has 29 heavy (non-hydrogen) atoms. The molecule has 0 spiro atoms. The number of carbonyl (C=O) groups is 2. The minimum Gasteiger partial charge on any atom is -0.492 e. The Labute approximate surface area is 168 Å². The van der Waals surface area contributed by atoms with Gasteiger partial charge in [0.2, 0.25) is 5.91 Å². The summed E-state index contributed by atoms with van der Waals surface area (Å²) in [6.07, 6.45) is 3.35. The minimum absolute atomic E-state index is 0.0774. The van der Waals surface area contributed by atoms with Crippen LogP contribution in [0, 0.1) is 6.92 Å². The summed E-state index contributed by atoms with van der Waals surface area (Å²) in [4.78, 5) is 27.6. The Morgan fingerprint density at radius 1 is 1.07 bits per heavy atom. The van der Waals surface area contributed by atoms with Gasteiger partial charge in [-0.3, -0.25) is 14.6 Å². The fourth-order valence-electron chi connectivity index (χ4n) is 3.40. The molecule has 0 saturated heterocycles. The van der Waals surface area contributed by atoms with Crippen molar-refractivity contribution < 1.29 is 19.1 Å². The lowest BCUT2D eigenvalue weighted by molar-refractivity contribution is 0.0931. The Hall–Kier alpha value is -3.67. The molecule has 0 fully saturated rings. The van der Waals surface area contributed by atoms with Crippen molar-refractivity contribution in [2.45, 2.75) is 19.4 Å². The molecule has 1 unspecified atom stereocenters. The summed E-state index contributed by atoms with van der Waals surface area (Å²) in [6.45, 7) is 2.26. The Bertz CT molecular complexity index is 1060. The molecule has 146 valence electrons. The fourth-order valence-corrected chi connectivity index (χ4v) is 3.40. The first kappa shape index (κ1) is 18.7. The van der Waals surface area contributed by atoms with Crippen LogP contribution < -0.4 is 15.2 Å². The van der Waals surface area contributed by atoms with Gasteiger partial charge in [-0.2, -0.15) is 0 Å². The molecule has 1 aliphatic rings. The molecule has 2 N–H and O–H groups in total. The van der Waals surface area contributed by atoms with E-state index in [2.05, 4.69) is 4.98 Å². The highest BCUT2D eigenvalue weighted by Gasteiger charge is 2.24. The van der Waals surface area contributed by atoms with Crippen molar-refractivity contribution in [3.63, 3.8) is 0 Å². The monoisotopic (exact) mass is 388 g/mol. The standard InChI is InChI=1S/C23H20N2O4/c1-14-20(7-6-18-19(26)10-13-28-21(14)18)29-22(16-8-11-25-12-9-16)15-2-4-17(5-3-15)23(24)27/h2-9,11-12,22H,10,13H2,1H3,(H2,24,27). The zero-order valence-electron chi connectivity index (χ0n) is 15.9. The molecule has 3 aromatic rings. The van der Waals surface area contributed by atoms with Crippen LogP contribution in [0.3, 0.4) is 0 Å². The zero-order chi connectivity index (χ0) is 20.4. The van der Waals surface area contributed by atoms with E-state index in [9.17, 15) is 9.59 Å². The lowest BCUT2D eigenvalue weighted by Gasteiger charge is -2.24. The normalized spacial score (nSPS) is 13.9. The van der Waals surface area contributed by atoms with Crippen molar-refractivity contribution in [1.82, 2.24) is 4.98 Å². The van der Waals surface area contributed by atoms with Crippen LogP contribution in [-0.2, 0) is 0 Å². The quantitative estimate of drug-likeness (QED) is 0.721. The van der Waals surface area contributed by atoms with Crippen LogP contribution >= 0.6 is 0 Å². The number of nitrogens with two attached hydrogens (primary N) is 1. The summed E-state index contributed by atoms with van der Waals surface area (Å²) in [7, 11) is 0. The van der Waals surface area contributed by atoms with Crippen LogP contribution in [0.25, 0.3) is 0 Å². The van der Waals surface area contributed by atoms with Crippen LogP contribution in [-0.4, -0.2) is 23.3 Å². The maximum atomic E-state index is 12.1. The van der Waals surface area contributed by atoms with Crippen molar-refractivity contribution in [2.75, 3.05) is 6.61 Å².